The van der Waals surface area contributed by atoms with Gasteiger partial charge in [-0.2, -0.15) is 0 Å². The minimum Gasteiger partial charge on any atom is -0.508 e. The second kappa shape index (κ2) is 7.31. The smallest absolute Gasteiger partial charge is 0.163 e. The molecule has 2 N–H and O–H groups in total. The fourth-order valence-corrected chi connectivity index (χ4v) is 1.86. The number of rotatable bonds is 1. The molecular formula is C14H12Br2O3. The van der Waals surface area contributed by atoms with Crippen molar-refractivity contribution in [3.05, 3.63) is 57.0 Å². The van der Waals surface area contributed by atoms with E-state index in [-0.39, 0.29) is 11.5 Å². The van der Waals surface area contributed by atoms with Crippen LogP contribution < -0.4 is 0 Å². The highest BCUT2D eigenvalue weighted by atomic mass is 79.9. The van der Waals surface area contributed by atoms with E-state index in [9.17, 15) is 4.79 Å². The summed E-state index contributed by atoms with van der Waals surface area (Å²) in [6, 6.07) is 11.6. The molecule has 100 valence electrons. The predicted molar refractivity (Wildman–Crippen MR) is 81.6 cm³/mol. The zero-order chi connectivity index (χ0) is 14.4. The molecule has 0 aliphatic heterocycles. The Hall–Kier alpha value is -1.33. The zero-order valence-corrected chi connectivity index (χ0v) is 13.3. The summed E-state index contributed by atoms with van der Waals surface area (Å²) < 4.78 is 1.77. The van der Waals surface area contributed by atoms with Crippen LogP contribution in [0.3, 0.4) is 0 Å². The van der Waals surface area contributed by atoms with E-state index >= 15 is 0 Å². The molecule has 0 bridgehead atoms. The van der Waals surface area contributed by atoms with Crippen molar-refractivity contribution in [1.29, 1.82) is 0 Å². The molecule has 0 radical (unpaired) electrons. The molecule has 2 rings (SSSR count). The molecule has 0 saturated heterocycles. The highest BCUT2D eigenvalue weighted by Crippen LogP contribution is 2.21. The van der Waals surface area contributed by atoms with Crippen molar-refractivity contribution in [1.82, 2.24) is 0 Å². The van der Waals surface area contributed by atoms with Crippen LogP contribution in [0, 0.1) is 0 Å². The summed E-state index contributed by atoms with van der Waals surface area (Å²) in [5.74, 6) is 0.192. The van der Waals surface area contributed by atoms with Crippen LogP contribution in [-0.4, -0.2) is 16.0 Å². The number of phenolic OH excluding ortho intramolecular Hbond substituents is 2. The summed E-state index contributed by atoms with van der Waals surface area (Å²) in [5.41, 5.74) is 0.347. The van der Waals surface area contributed by atoms with Gasteiger partial charge in [0.15, 0.2) is 5.78 Å². The van der Waals surface area contributed by atoms with Crippen molar-refractivity contribution < 1.29 is 15.0 Å². The summed E-state index contributed by atoms with van der Waals surface area (Å²) in [6.45, 7) is 1.42. The van der Waals surface area contributed by atoms with Gasteiger partial charge < -0.3 is 10.2 Å². The summed E-state index contributed by atoms with van der Waals surface area (Å²) in [4.78, 5) is 10.8. The molecule has 0 saturated carbocycles. The topological polar surface area (TPSA) is 57.5 Å². The van der Waals surface area contributed by atoms with E-state index in [0.29, 0.717) is 11.3 Å². The van der Waals surface area contributed by atoms with Gasteiger partial charge in [0.1, 0.15) is 11.5 Å². The van der Waals surface area contributed by atoms with Crippen molar-refractivity contribution in [3.8, 4) is 11.5 Å². The van der Waals surface area contributed by atoms with Crippen LogP contribution in [0.15, 0.2) is 51.4 Å². The summed E-state index contributed by atoms with van der Waals surface area (Å²) in [7, 11) is 0. The standard InChI is InChI=1S/C8H7BrO2.C6H5BrO/c1-5(10)7-4-6(9)2-3-8(7)11;7-5-1-3-6(8)4-2-5/h2-4,11H,1H3;1-4,8H. The van der Waals surface area contributed by atoms with Crippen molar-refractivity contribution in [2.75, 3.05) is 0 Å². The molecule has 0 atom stereocenters. The average Bonchev–Trinajstić information content (AvgIpc) is 2.36. The van der Waals surface area contributed by atoms with Crippen LogP contribution >= 0.6 is 31.9 Å². The number of phenols is 2. The van der Waals surface area contributed by atoms with E-state index in [1.165, 1.54) is 13.0 Å². The first kappa shape index (κ1) is 15.7. The number of hydrogen-bond donors (Lipinski definition) is 2. The van der Waals surface area contributed by atoms with Crippen molar-refractivity contribution in [2.24, 2.45) is 0 Å². The Balaban J connectivity index is 0.000000200. The van der Waals surface area contributed by atoms with E-state index in [0.717, 1.165) is 8.95 Å². The van der Waals surface area contributed by atoms with Gasteiger partial charge in [-0.1, -0.05) is 31.9 Å². The Bertz CT molecular complexity index is 544. The average molecular weight is 388 g/mol. The van der Waals surface area contributed by atoms with Gasteiger partial charge in [-0.25, -0.2) is 0 Å². The zero-order valence-electron chi connectivity index (χ0n) is 10.1. The largest absolute Gasteiger partial charge is 0.508 e. The first-order valence-electron chi connectivity index (χ1n) is 5.34. The van der Waals surface area contributed by atoms with Crippen molar-refractivity contribution >= 4 is 37.6 Å². The maximum atomic E-state index is 10.8. The van der Waals surface area contributed by atoms with Gasteiger partial charge in [0.25, 0.3) is 0 Å². The molecule has 3 nitrogen and oxygen atoms in total. The van der Waals surface area contributed by atoms with Crippen LogP contribution in [0.25, 0.3) is 0 Å². The third-order valence-electron chi connectivity index (χ3n) is 2.16. The molecule has 0 unspecified atom stereocenters. The second-order valence-electron chi connectivity index (χ2n) is 3.69. The van der Waals surface area contributed by atoms with Crippen LogP contribution in [0.2, 0.25) is 0 Å². The van der Waals surface area contributed by atoms with Gasteiger partial charge in [0.2, 0.25) is 0 Å². The van der Waals surface area contributed by atoms with Crippen LogP contribution in [0.1, 0.15) is 17.3 Å². The van der Waals surface area contributed by atoms with E-state index in [4.69, 9.17) is 10.2 Å². The second-order valence-corrected chi connectivity index (χ2v) is 5.53. The number of ketones is 1. The number of benzene rings is 2. The maximum Gasteiger partial charge on any atom is 0.163 e. The minimum absolute atomic E-state index is 0.0284. The molecule has 0 aliphatic rings. The normalized spacial score (nSPS) is 9.42. The van der Waals surface area contributed by atoms with Gasteiger partial charge in [-0.05, 0) is 49.4 Å². The Morgan fingerprint density at radius 3 is 1.89 bits per heavy atom. The molecule has 0 heterocycles. The molecule has 0 aromatic heterocycles. The molecule has 0 amide bonds. The maximum absolute atomic E-state index is 10.8. The first-order valence-corrected chi connectivity index (χ1v) is 6.92. The fourth-order valence-electron chi connectivity index (χ4n) is 1.23. The van der Waals surface area contributed by atoms with Gasteiger partial charge in [0, 0.05) is 8.95 Å². The summed E-state index contributed by atoms with van der Waals surface area (Å²) in [6.07, 6.45) is 0. The number of Topliss-reactive ketones (excluding diaryl/α,β-unsaturated/α-hetero) is 1. The third-order valence-corrected chi connectivity index (χ3v) is 3.19. The summed E-state index contributed by atoms with van der Waals surface area (Å²) in [5, 5.41) is 17.9. The van der Waals surface area contributed by atoms with Crippen molar-refractivity contribution in [2.45, 2.75) is 6.92 Å². The fraction of sp³-hybridized carbons (Fsp3) is 0.0714. The Morgan fingerprint density at radius 2 is 1.47 bits per heavy atom. The molecule has 2 aromatic rings. The highest BCUT2D eigenvalue weighted by Gasteiger charge is 2.05. The van der Waals surface area contributed by atoms with E-state index in [1.807, 2.05) is 0 Å². The van der Waals surface area contributed by atoms with Crippen LogP contribution in [-0.2, 0) is 0 Å². The van der Waals surface area contributed by atoms with E-state index in [1.54, 1.807) is 36.4 Å². The molecule has 0 spiro atoms. The molecule has 5 heteroatoms. The van der Waals surface area contributed by atoms with Gasteiger partial charge in [-0.3, -0.25) is 4.79 Å². The molecular weight excluding hydrogens is 376 g/mol. The monoisotopic (exact) mass is 386 g/mol. The first-order chi connectivity index (χ1) is 8.90. The Morgan fingerprint density at radius 1 is 0.947 bits per heavy atom. The molecule has 0 fully saturated rings. The van der Waals surface area contributed by atoms with Gasteiger partial charge in [0.05, 0.1) is 5.56 Å². The molecule has 19 heavy (non-hydrogen) atoms. The van der Waals surface area contributed by atoms with Crippen LogP contribution in [0.4, 0.5) is 0 Å². The molecule has 2 aromatic carbocycles. The SMILES string of the molecule is CC(=O)c1cc(Br)ccc1O.Oc1ccc(Br)cc1. The van der Waals surface area contributed by atoms with E-state index in [2.05, 4.69) is 31.9 Å². The van der Waals surface area contributed by atoms with E-state index < -0.39 is 0 Å². The predicted octanol–water partition coefficient (Wildman–Crippen LogP) is 4.51. The van der Waals surface area contributed by atoms with Crippen molar-refractivity contribution in [3.63, 3.8) is 0 Å². The quantitative estimate of drug-likeness (QED) is 0.707. The van der Waals surface area contributed by atoms with Gasteiger partial charge >= 0.3 is 0 Å². The Kier molecular flexibility index (Phi) is 6.05. The third kappa shape index (κ3) is 5.44. The number of halogens is 2. The Labute approximate surface area is 128 Å². The number of carbonyl (C=O) groups excluding carboxylic acids is 1. The minimum atomic E-state index is -0.135. The lowest BCUT2D eigenvalue weighted by Gasteiger charge is -1.99. The lowest BCUT2D eigenvalue weighted by atomic mass is 10.1. The van der Waals surface area contributed by atoms with Crippen LogP contribution in [0.5, 0.6) is 11.5 Å². The highest BCUT2D eigenvalue weighted by molar-refractivity contribution is 9.10. The molecule has 0 aliphatic carbocycles. The number of aromatic hydroxyl groups is 2. The lowest BCUT2D eigenvalue weighted by molar-refractivity contribution is 0.101. The van der Waals surface area contributed by atoms with Gasteiger partial charge in [-0.15, -0.1) is 0 Å². The summed E-state index contributed by atoms with van der Waals surface area (Å²) >= 11 is 6.44. The number of hydrogen-bond acceptors (Lipinski definition) is 3. The lowest BCUT2D eigenvalue weighted by Crippen LogP contribution is -1.91. The number of carbonyl (C=O) groups is 1.